The lowest BCUT2D eigenvalue weighted by Gasteiger charge is -2.26. The zero-order chi connectivity index (χ0) is 28.1. The van der Waals surface area contributed by atoms with Crippen LogP contribution >= 0.6 is 0 Å². The number of halogens is 3. The molecule has 3 N–H and O–H groups in total. The number of rotatable bonds is 10. The molecular formula is C21H31F3N6O6S. The van der Waals surface area contributed by atoms with Crippen LogP contribution in [0.2, 0.25) is 0 Å². The summed E-state index contributed by atoms with van der Waals surface area (Å²) in [5.74, 6) is -0.0264. The topological polar surface area (TPSA) is 165 Å². The third-order valence-electron chi connectivity index (χ3n) is 5.56. The van der Waals surface area contributed by atoms with E-state index in [9.17, 15) is 21.6 Å². The molecule has 0 spiro atoms. The van der Waals surface area contributed by atoms with E-state index in [1.165, 1.54) is 13.5 Å². The van der Waals surface area contributed by atoms with Gasteiger partial charge in [-0.05, 0) is 37.3 Å². The highest BCUT2D eigenvalue weighted by Gasteiger charge is 2.38. The lowest BCUT2D eigenvalue weighted by atomic mass is 10.2. The maximum absolute atomic E-state index is 12.1. The first-order valence-corrected chi connectivity index (χ1v) is 13.0. The van der Waals surface area contributed by atoms with Crippen molar-refractivity contribution in [1.29, 1.82) is 0 Å². The second-order valence-electron chi connectivity index (χ2n) is 8.75. The monoisotopic (exact) mass is 552 g/mol. The first kappa shape index (κ1) is 30.2. The summed E-state index contributed by atoms with van der Waals surface area (Å²) in [6.45, 7) is 5.95. The first-order chi connectivity index (χ1) is 17.0. The third kappa shape index (κ3) is 8.82. The highest BCUT2D eigenvalue weighted by atomic mass is 32.2. The number of aliphatic carboxylic acids is 1. The van der Waals surface area contributed by atoms with Crippen LogP contribution in [0.15, 0.2) is 16.5 Å². The van der Waals surface area contributed by atoms with Crippen molar-refractivity contribution in [3.8, 4) is 11.5 Å². The van der Waals surface area contributed by atoms with Crippen LogP contribution in [0.4, 0.5) is 24.8 Å². The van der Waals surface area contributed by atoms with Gasteiger partial charge < -0.3 is 24.9 Å². The van der Waals surface area contributed by atoms with E-state index in [1.54, 1.807) is 20.1 Å². The fourth-order valence-corrected chi connectivity index (χ4v) is 3.52. The van der Waals surface area contributed by atoms with E-state index in [1.807, 2.05) is 6.07 Å². The maximum Gasteiger partial charge on any atom is 0.490 e. The number of aromatic nitrogens is 3. The molecule has 12 nitrogen and oxygen atoms in total. The third-order valence-corrected chi connectivity index (χ3v) is 6.74. The van der Waals surface area contributed by atoms with Crippen LogP contribution in [0.25, 0.3) is 11.5 Å². The van der Waals surface area contributed by atoms with Gasteiger partial charge in [0.15, 0.2) is 0 Å². The maximum atomic E-state index is 12.1. The summed E-state index contributed by atoms with van der Waals surface area (Å²) < 4.78 is 68.1. The predicted molar refractivity (Wildman–Crippen MR) is 128 cm³/mol. The Morgan fingerprint density at radius 1 is 1.32 bits per heavy atom. The van der Waals surface area contributed by atoms with Gasteiger partial charge in [0.25, 0.3) is 0 Å². The molecule has 3 rings (SSSR count). The van der Waals surface area contributed by atoms with Gasteiger partial charge in [-0.1, -0.05) is 6.92 Å². The summed E-state index contributed by atoms with van der Waals surface area (Å²) in [7, 11) is -0.382. The van der Waals surface area contributed by atoms with E-state index in [0.29, 0.717) is 42.3 Å². The average molecular weight is 553 g/mol. The molecule has 2 aromatic rings. The smallest absolute Gasteiger partial charge is 0.475 e. The molecule has 0 radical (unpaired) electrons. The summed E-state index contributed by atoms with van der Waals surface area (Å²) >= 11 is 0. The number of carboxylic acids is 1. The number of anilines is 2. The Bertz CT molecular complexity index is 1170. The van der Waals surface area contributed by atoms with Crippen LogP contribution in [-0.2, 0) is 19.6 Å². The molecule has 1 fully saturated rings. The van der Waals surface area contributed by atoms with Gasteiger partial charge in [-0.2, -0.15) is 13.2 Å². The van der Waals surface area contributed by atoms with E-state index >= 15 is 0 Å². The van der Waals surface area contributed by atoms with E-state index < -0.39 is 28.2 Å². The van der Waals surface area contributed by atoms with Gasteiger partial charge in [0, 0.05) is 32.8 Å². The van der Waals surface area contributed by atoms with Gasteiger partial charge in [-0.3, -0.25) is 4.31 Å². The molecule has 1 aliphatic rings. The van der Waals surface area contributed by atoms with Crippen molar-refractivity contribution in [3.63, 3.8) is 0 Å². The van der Waals surface area contributed by atoms with Crippen molar-refractivity contribution < 1.29 is 40.6 Å². The van der Waals surface area contributed by atoms with E-state index in [4.69, 9.17) is 24.8 Å². The molecule has 16 heteroatoms. The fraction of sp³-hybridized carbons (Fsp3) is 0.619. The standard InChI is InChI=1S/C19H30N6O4S.C2HF3O2/c1-12-8-15(12)11-25(6-7-28-4)17-10-14(19-23-22-18(29-19)13(2)20)9-16(21-17)24(3)30(5,26)27;3-2(4,5)1(6)7/h9-10,12-13,15H,6-8,11,20H2,1-5H3;(H,6,7)/t12-,13?,15+;/m1./s1. The molecular weight excluding hydrogens is 521 g/mol. The molecule has 208 valence electrons. The zero-order valence-corrected chi connectivity index (χ0v) is 21.9. The van der Waals surface area contributed by atoms with Crippen LogP contribution in [-0.4, -0.2) is 81.0 Å². The lowest BCUT2D eigenvalue weighted by Crippen LogP contribution is -2.32. The van der Waals surface area contributed by atoms with Crippen molar-refractivity contribution in [1.82, 2.24) is 15.2 Å². The van der Waals surface area contributed by atoms with E-state index in [0.717, 1.165) is 17.1 Å². The Morgan fingerprint density at radius 2 is 1.89 bits per heavy atom. The largest absolute Gasteiger partial charge is 0.490 e. The minimum absolute atomic E-state index is 0.264. The molecule has 0 aliphatic heterocycles. The number of sulfonamides is 1. The Hall–Kier alpha value is -2.98. The van der Waals surface area contributed by atoms with Gasteiger partial charge in [-0.15, -0.1) is 10.2 Å². The number of nitrogens with zero attached hydrogens (tertiary/aromatic N) is 5. The molecule has 37 heavy (non-hydrogen) atoms. The van der Waals surface area contributed by atoms with Gasteiger partial charge >= 0.3 is 12.1 Å². The molecule has 0 saturated heterocycles. The first-order valence-electron chi connectivity index (χ1n) is 11.1. The number of methoxy groups -OCH3 is 1. The molecule has 0 amide bonds. The average Bonchev–Trinajstić information content (AvgIpc) is 3.27. The van der Waals surface area contributed by atoms with Gasteiger partial charge in [0.1, 0.15) is 11.6 Å². The van der Waals surface area contributed by atoms with Crippen molar-refractivity contribution >= 4 is 27.6 Å². The van der Waals surface area contributed by atoms with Gasteiger partial charge in [0.2, 0.25) is 21.8 Å². The summed E-state index contributed by atoms with van der Waals surface area (Å²) in [6, 6.07) is 3.05. The minimum atomic E-state index is -5.08. The van der Waals surface area contributed by atoms with Crippen LogP contribution in [0.1, 0.15) is 32.2 Å². The molecule has 3 atom stereocenters. The zero-order valence-electron chi connectivity index (χ0n) is 21.1. The molecule has 2 aromatic heterocycles. The molecule has 2 heterocycles. The van der Waals surface area contributed by atoms with Crippen molar-refractivity contribution in [3.05, 3.63) is 18.0 Å². The number of nitrogens with two attached hydrogens (primary N) is 1. The Kier molecular flexibility index (Phi) is 9.84. The quantitative estimate of drug-likeness (QED) is 0.444. The molecule has 1 unspecified atom stereocenters. The minimum Gasteiger partial charge on any atom is -0.475 e. The van der Waals surface area contributed by atoms with Crippen LogP contribution in [0.3, 0.4) is 0 Å². The number of ether oxygens (including phenoxy) is 1. The predicted octanol–water partition coefficient (Wildman–Crippen LogP) is 2.29. The normalized spacial score (nSPS) is 18.0. The number of hydrogen-bond acceptors (Lipinski definition) is 10. The van der Waals surface area contributed by atoms with E-state index in [2.05, 4.69) is 27.0 Å². The highest BCUT2D eigenvalue weighted by molar-refractivity contribution is 7.92. The van der Waals surface area contributed by atoms with E-state index in [-0.39, 0.29) is 11.7 Å². The number of alkyl halides is 3. The highest BCUT2D eigenvalue weighted by Crippen LogP contribution is 2.39. The number of hydrogen-bond donors (Lipinski definition) is 2. The van der Waals surface area contributed by atoms with Crippen LogP contribution < -0.4 is 14.9 Å². The Balaban J connectivity index is 0.000000604. The molecule has 0 bridgehead atoms. The van der Waals surface area contributed by atoms with Gasteiger partial charge in [0.05, 0.1) is 18.9 Å². The Labute approximate surface area is 212 Å². The number of carboxylic acid groups (broad SMARTS) is 1. The van der Waals surface area contributed by atoms with Crippen LogP contribution in [0.5, 0.6) is 0 Å². The summed E-state index contributed by atoms with van der Waals surface area (Å²) in [5.41, 5.74) is 6.41. The summed E-state index contributed by atoms with van der Waals surface area (Å²) in [6.07, 6.45) is -2.78. The van der Waals surface area contributed by atoms with Gasteiger partial charge in [-0.25, -0.2) is 18.2 Å². The number of pyridine rings is 1. The molecule has 0 aromatic carbocycles. The molecule has 1 aliphatic carbocycles. The van der Waals surface area contributed by atoms with Crippen molar-refractivity contribution in [2.75, 3.05) is 49.3 Å². The van der Waals surface area contributed by atoms with Crippen LogP contribution in [0, 0.1) is 11.8 Å². The fourth-order valence-electron chi connectivity index (χ4n) is 3.09. The second kappa shape index (κ2) is 12.0. The second-order valence-corrected chi connectivity index (χ2v) is 10.8. The SMILES string of the molecule is COCCN(C[C@@H]1C[C@H]1C)c1cc(-c2nnc(C(C)N)o2)cc(N(C)S(C)(=O)=O)n1.O=C(O)C(F)(F)F. The summed E-state index contributed by atoms with van der Waals surface area (Å²) in [5, 5.41) is 15.2. The number of carbonyl (C=O) groups is 1. The van der Waals surface area contributed by atoms with Crippen molar-refractivity contribution in [2.45, 2.75) is 32.5 Å². The Morgan fingerprint density at radius 3 is 2.32 bits per heavy atom. The van der Waals surface area contributed by atoms with Crippen molar-refractivity contribution in [2.24, 2.45) is 17.6 Å². The molecule has 1 saturated carbocycles. The lowest BCUT2D eigenvalue weighted by molar-refractivity contribution is -0.192. The summed E-state index contributed by atoms with van der Waals surface area (Å²) in [4.78, 5) is 15.6.